The quantitative estimate of drug-likeness (QED) is 0.0424. The largest absolute Gasteiger partial charge is 0.462 e. The van der Waals surface area contributed by atoms with Crippen molar-refractivity contribution in [2.75, 3.05) is 6.61 Å². The molecule has 1 amide bonds. The Morgan fingerprint density at radius 2 is 0.778 bits per heavy atom. The normalized spacial score (nSPS) is 13.2. The standard InChI is InChI=1S/C48H95NO5/c1-4-7-10-13-16-19-21-22-23-24-25-26-28-31-34-37-40-46(51)45(43-50)49-47(52)42-44(39-36-33-30-27-18-15-12-9-6-3)54-48(53)41-38-35-32-29-20-17-14-11-8-5-2/h44-46,50-51H,4-43H2,1-3H3,(H,49,52). The fourth-order valence-corrected chi connectivity index (χ4v) is 7.73. The van der Waals surface area contributed by atoms with Crippen LogP contribution in [0.1, 0.15) is 271 Å². The summed E-state index contributed by atoms with van der Waals surface area (Å²) < 4.78 is 5.89. The van der Waals surface area contributed by atoms with Gasteiger partial charge in [0.25, 0.3) is 0 Å². The second kappa shape index (κ2) is 43.0. The first kappa shape index (κ1) is 52.9. The van der Waals surface area contributed by atoms with Crippen LogP contribution in [0.2, 0.25) is 0 Å². The molecule has 0 spiro atoms. The first-order chi connectivity index (χ1) is 26.5. The van der Waals surface area contributed by atoms with Crippen molar-refractivity contribution in [3.63, 3.8) is 0 Å². The monoisotopic (exact) mass is 766 g/mol. The molecule has 3 atom stereocenters. The number of carbonyl (C=O) groups excluding carboxylic acids is 2. The van der Waals surface area contributed by atoms with Gasteiger partial charge in [0.2, 0.25) is 5.91 Å². The second-order valence-corrected chi connectivity index (χ2v) is 16.9. The van der Waals surface area contributed by atoms with Gasteiger partial charge in [0.1, 0.15) is 6.10 Å². The molecule has 0 fully saturated rings. The summed E-state index contributed by atoms with van der Waals surface area (Å²) in [5.41, 5.74) is 0. The first-order valence-corrected chi connectivity index (χ1v) is 24.3. The molecule has 54 heavy (non-hydrogen) atoms. The molecule has 6 heteroatoms. The van der Waals surface area contributed by atoms with Crippen LogP contribution >= 0.6 is 0 Å². The highest BCUT2D eigenvalue weighted by molar-refractivity contribution is 5.77. The Bertz CT molecular complexity index is 776. The lowest BCUT2D eigenvalue weighted by Crippen LogP contribution is -2.46. The highest BCUT2D eigenvalue weighted by atomic mass is 16.5. The Balaban J connectivity index is 4.39. The van der Waals surface area contributed by atoms with Crippen molar-refractivity contribution in [2.45, 2.75) is 289 Å². The fourth-order valence-electron chi connectivity index (χ4n) is 7.73. The van der Waals surface area contributed by atoms with Crippen molar-refractivity contribution in [2.24, 2.45) is 0 Å². The van der Waals surface area contributed by atoms with Crippen LogP contribution in [0.15, 0.2) is 0 Å². The molecule has 0 aliphatic heterocycles. The molecule has 0 heterocycles. The number of hydrogen-bond donors (Lipinski definition) is 3. The van der Waals surface area contributed by atoms with Gasteiger partial charge in [0, 0.05) is 6.42 Å². The molecule has 3 unspecified atom stereocenters. The molecule has 0 saturated carbocycles. The van der Waals surface area contributed by atoms with E-state index in [4.69, 9.17) is 4.74 Å². The van der Waals surface area contributed by atoms with Gasteiger partial charge in [-0.15, -0.1) is 0 Å². The van der Waals surface area contributed by atoms with Crippen LogP contribution < -0.4 is 5.32 Å². The number of aliphatic hydroxyl groups excluding tert-OH is 2. The molecule has 3 N–H and O–H groups in total. The lowest BCUT2D eigenvalue weighted by molar-refractivity contribution is -0.151. The SMILES string of the molecule is CCCCCCCCCCCCCCCCCCC(O)C(CO)NC(=O)CC(CCCCCCCCCCC)OC(=O)CCCCCCCCCCCC. The lowest BCUT2D eigenvalue weighted by atomic mass is 10.0. The Labute approximate surface area is 336 Å². The molecule has 0 saturated heterocycles. The minimum Gasteiger partial charge on any atom is -0.462 e. The van der Waals surface area contributed by atoms with Crippen LogP contribution in [0.5, 0.6) is 0 Å². The molecule has 0 aromatic carbocycles. The molecular formula is C48H95NO5. The molecule has 6 nitrogen and oxygen atoms in total. The minimum absolute atomic E-state index is 0.0864. The number of nitrogens with one attached hydrogen (secondary N) is 1. The third kappa shape index (κ3) is 37.8. The molecular weight excluding hydrogens is 671 g/mol. The van der Waals surface area contributed by atoms with E-state index in [0.29, 0.717) is 19.3 Å². The number of aliphatic hydroxyl groups is 2. The Morgan fingerprint density at radius 1 is 0.463 bits per heavy atom. The average molecular weight is 766 g/mol. The van der Waals surface area contributed by atoms with Crippen molar-refractivity contribution in [3.05, 3.63) is 0 Å². The maximum atomic E-state index is 13.1. The summed E-state index contributed by atoms with van der Waals surface area (Å²) in [5.74, 6) is -0.460. The van der Waals surface area contributed by atoms with Crippen molar-refractivity contribution in [1.29, 1.82) is 0 Å². The van der Waals surface area contributed by atoms with Gasteiger partial charge in [-0.05, 0) is 25.7 Å². The number of hydrogen-bond acceptors (Lipinski definition) is 5. The van der Waals surface area contributed by atoms with Crippen LogP contribution in [0.4, 0.5) is 0 Å². The van der Waals surface area contributed by atoms with Gasteiger partial charge in [-0.25, -0.2) is 0 Å². The number of rotatable bonds is 44. The number of carbonyl (C=O) groups is 2. The zero-order valence-electron chi connectivity index (χ0n) is 36.6. The Hall–Kier alpha value is -1.14. The van der Waals surface area contributed by atoms with E-state index in [1.54, 1.807) is 0 Å². The summed E-state index contributed by atoms with van der Waals surface area (Å²) in [6.45, 7) is 6.47. The van der Waals surface area contributed by atoms with E-state index >= 15 is 0 Å². The summed E-state index contributed by atoms with van der Waals surface area (Å²) in [4.78, 5) is 25.9. The molecule has 0 aromatic heterocycles. The van der Waals surface area contributed by atoms with Crippen LogP contribution in [0.3, 0.4) is 0 Å². The van der Waals surface area contributed by atoms with Gasteiger partial charge >= 0.3 is 5.97 Å². The predicted molar refractivity (Wildman–Crippen MR) is 232 cm³/mol. The molecule has 0 aliphatic carbocycles. The Kier molecular flexibility index (Phi) is 42.1. The van der Waals surface area contributed by atoms with Gasteiger partial charge in [-0.3, -0.25) is 9.59 Å². The van der Waals surface area contributed by atoms with E-state index in [-0.39, 0.29) is 24.9 Å². The molecule has 0 rings (SSSR count). The molecule has 322 valence electrons. The third-order valence-electron chi connectivity index (χ3n) is 11.4. The zero-order valence-corrected chi connectivity index (χ0v) is 36.6. The van der Waals surface area contributed by atoms with Crippen molar-refractivity contribution < 1.29 is 24.5 Å². The van der Waals surface area contributed by atoms with Gasteiger partial charge < -0.3 is 20.3 Å². The summed E-state index contributed by atoms with van der Waals surface area (Å²) in [5, 5.41) is 23.7. The fraction of sp³-hybridized carbons (Fsp3) is 0.958. The van der Waals surface area contributed by atoms with E-state index in [1.165, 1.54) is 180 Å². The van der Waals surface area contributed by atoms with Gasteiger partial charge in [0.05, 0.1) is 25.2 Å². The Morgan fingerprint density at radius 3 is 1.13 bits per heavy atom. The number of ether oxygens (including phenoxy) is 1. The number of unbranched alkanes of at least 4 members (excludes halogenated alkanes) is 32. The van der Waals surface area contributed by atoms with E-state index in [1.807, 2.05) is 0 Å². The van der Waals surface area contributed by atoms with E-state index < -0.39 is 18.2 Å². The maximum Gasteiger partial charge on any atom is 0.306 e. The molecule has 0 radical (unpaired) electrons. The predicted octanol–water partition coefficient (Wildman–Crippen LogP) is 14.0. The van der Waals surface area contributed by atoms with Gasteiger partial charge in [-0.2, -0.15) is 0 Å². The van der Waals surface area contributed by atoms with E-state index in [0.717, 1.165) is 44.9 Å². The van der Waals surface area contributed by atoms with E-state index in [2.05, 4.69) is 26.1 Å². The van der Waals surface area contributed by atoms with Gasteiger partial charge in [0.15, 0.2) is 0 Å². The van der Waals surface area contributed by atoms with Crippen LogP contribution in [-0.4, -0.2) is 46.9 Å². The average Bonchev–Trinajstić information content (AvgIpc) is 3.16. The maximum absolute atomic E-state index is 13.1. The highest BCUT2D eigenvalue weighted by Gasteiger charge is 2.24. The molecule has 0 aromatic rings. The highest BCUT2D eigenvalue weighted by Crippen LogP contribution is 2.18. The second-order valence-electron chi connectivity index (χ2n) is 16.9. The van der Waals surface area contributed by atoms with E-state index in [9.17, 15) is 19.8 Å². The number of esters is 1. The van der Waals surface area contributed by atoms with Crippen LogP contribution in [-0.2, 0) is 14.3 Å². The van der Waals surface area contributed by atoms with Crippen molar-refractivity contribution in [1.82, 2.24) is 5.32 Å². The van der Waals surface area contributed by atoms with Gasteiger partial charge in [-0.1, -0.05) is 233 Å². The molecule has 0 bridgehead atoms. The zero-order chi connectivity index (χ0) is 39.6. The summed E-state index contributed by atoms with van der Waals surface area (Å²) in [6.07, 6.45) is 44.5. The topological polar surface area (TPSA) is 95.9 Å². The number of amides is 1. The first-order valence-electron chi connectivity index (χ1n) is 24.3. The van der Waals surface area contributed by atoms with Crippen LogP contribution in [0.25, 0.3) is 0 Å². The summed E-state index contributed by atoms with van der Waals surface area (Å²) in [7, 11) is 0. The summed E-state index contributed by atoms with van der Waals surface area (Å²) >= 11 is 0. The van der Waals surface area contributed by atoms with Crippen molar-refractivity contribution in [3.8, 4) is 0 Å². The van der Waals surface area contributed by atoms with Crippen LogP contribution in [0, 0.1) is 0 Å². The minimum atomic E-state index is -0.778. The van der Waals surface area contributed by atoms with Crippen molar-refractivity contribution >= 4 is 11.9 Å². The molecule has 0 aliphatic rings. The third-order valence-corrected chi connectivity index (χ3v) is 11.4. The lowest BCUT2D eigenvalue weighted by Gasteiger charge is -2.24. The smallest absolute Gasteiger partial charge is 0.306 e. The summed E-state index contributed by atoms with van der Waals surface area (Å²) in [6, 6.07) is -0.690.